The summed E-state index contributed by atoms with van der Waals surface area (Å²) in [5.41, 5.74) is 0.804. The number of aryl methyl sites for hydroxylation is 1. The van der Waals surface area contributed by atoms with E-state index in [9.17, 15) is 0 Å². The molecular weight excluding hydrogens is 290 g/mol. The van der Waals surface area contributed by atoms with Crippen molar-refractivity contribution in [2.24, 2.45) is 7.05 Å². The van der Waals surface area contributed by atoms with E-state index in [2.05, 4.69) is 20.3 Å². The number of rotatable bonds is 5. The largest absolute Gasteiger partial charge is 0.496 e. The monoisotopic (exact) mass is 303 g/mol. The summed E-state index contributed by atoms with van der Waals surface area (Å²) < 4.78 is 12.4. The summed E-state index contributed by atoms with van der Waals surface area (Å²) in [5, 5.41) is 12.6. The van der Waals surface area contributed by atoms with E-state index in [1.54, 1.807) is 13.4 Å². The number of hydrogen-bond acceptors (Lipinski definition) is 7. The summed E-state index contributed by atoms with van der Waals surface area (Å²) in [6.07, 6.45) is 1.65. The Balaban J connectivity index is 1.76. The molecule has 0 aliphatic heterocycles. The molecule has 3 aromatic rings. The Kier molecular flexibility index (Phi) is 3.87. The Labute approximate surface area is 125 Å². The number of thioether (sulfide) groups is 1. The second kappa shape index (κ2) is 5.96. The Bertz CT molecular complexity index is 740. The van der Waals surface area contributed by atoms with E-state index >= 15 is 0 Å². The molecule has 2 aromatic heterocycles. The van der Waals surface area contributed by atoms with E-state index in [1.165, 1.54) is 11.8 Å². The molecule has 2 heterocycles. The summed E-state index contributed by atoms with van der Waals surface area (Å²) in [6, 6.07) is 7.55. The zero-order chi connectivity index (χ0) is 14.7. The first kappa shape index (κ1) is 13.6. The average Bonchev–Trinajstić information content (AvgIpc) is 3.14. The van der Waals surface area contributed by atoms with Crippen LogP contribution in [-0.2, 0) is 12.8 Å². The Morgan fingerprint density at radius 3 is 2.95 bits per heavy atom. The zero-order valence-electron chi connectivity index (χ0n) is 11.6. The fourth-order valence-electron chi connectivity index (χ4n) is 1.78. The van der Waals surface area contributed by atoms with E-state index in [4.69, 9.17) is 9.26 Å². The van der Waals surface area contributed by atoms with Crippen molar-refractivity contribution in [3.8, 4) is 17.1 Å². The summed E-state index contributed by atoms with van der Waals surface area (Å²) in [7, 11) is 3.50. The first-order valence-corrected chi connectivity index (χ1v) is 7.19. The van der Waals surface area contributed by atoms with Gasteiger partial charge in [-0.15, -0.1) is 10.2 Å². The number of methoxy groups -OCH3 is 1. The number of ether oxygens (including phenoxy) is 1. The summed E-state index contributed by atoms with van der Waals surface area (Å²) >= 11 is 1.49. The first-order valence-electron chi connectivity index (χ1n) is 6.20. The number of nitrogens with zero attached hydrogens (tertiary/aromatic N) is 5. The van der Waals surface area contributed by atoms with Gasteiger partial charge in [0.2, 0.25) is 11.7 Å². The normalized spacial score (nSPS) is 10.8. The van der Waals surface area contributed by atoms with Gasteiger partial charge in [0.05, 0.1) is 18.4 Å². The molecule has 8 heteroatoms. The lowest BCUT2D eigenvalue weighted by molar-refractivity contribution is 0.390. The topological polar surface area (TPSA) is 78.9 Å². The predicted molar refractivity (Wildman–Crippen MR) is 76.9 cm³/mol. The molecule has 3 rings (SSSR count). The van der Waals surface area contributed by atoms with Crippen LogP contribution in [0.2, 0.25) is 0 Å². The van der Waals surface area contributed by atoms with Gasteiger partial charge in [0.1, 0.15) is 12.1 Å². The van der Waals surface area contributed by atoms with Crippen molar-refractivity contribution < 1.29 is 9.26 Å². The van der Waals surface area contributed by atoms with Gasteiger partial charge < -0.3 is 13.8 Å². The molecule has 0 bridgehead atoms. The highest BCUT2D eigenvalue weighted by Crippen LogP contribution is 2.28. The molecule has 0 spiro atoms. The van der Waals surface area contributed by atoms with Gasteiger partial charge in [-0.1, -0.05) is 29.1 Å². The van der Waals surface area contributed by atoms with Gasteiger partial charge in [-0.05, 0) is 12.1 Å². The lowest BCUT2D eigenvalue weighted by Gasteiger charge is -2.02. The molecule has 0 aliphatic carbocycles. The van der Waals surface area contributed by atoms with Crippen molar-refractivity contribution in [1.29, 1.82) is 0 Å². The highest BCUT2D eigenvalue weighted by atomic mass is 32.2. The molecule has 108 valence electrons. The Morgan fingerprint density at radius 2 is 2.19 bits per heavy atom. The maximum absolute atomic E-state index is 5.30. The maximum Gasteiger partial charge on any atom is 0.237 e. The van der Waals surface area contributed by atoms with Crippen molar-refractivity contribution in [2.75, 3.05) is 7.11 Å². The van der Waals surface area contributed by atoms with Crippen molar-refractivity contribution in [1.82, 2.24) is 24.9 Å². The van der Waals surface area contributed by atoms with Gasteiger partial charge in [0, 0.05) is 7.05 Å². The summed E-state index contributed by atoms with van der Waals surface area (Å²) in [4.78, 5) is 4.38. The molecular formula is C13H13N5O2S. The number of hydrogen-bond donors (Lipinski definition) is 0. The standard InChI is InChI=1S/C13H13N5O2S/c1-18-8-14-16-13(18)21-7-11-15-12(17-20-11)9-5-3-4-6-10(9)19-2/h3-6,8H,7H2,1-2H3. The van der Waals surface area contributed by atoms with Gasteiger partial charge in [0.25, 0.3) is 0 Å². The minimum absolute atomic E-state index is 0.515. The minimum atomic E-state index is 0.515. The van der Waals surface area contributed by atoms with Crippen LogP contribution in [0.25, 0.3) is 11.4 Å². The third-order valence-electron chi connectivity index (χ3n) is 2.81. The van der Waals surface area contributed by atoms with Gasteiger partial charge in [-0.2, -0.15) is 4.98 Å². The molecule has 0 saturated carbocycles. The van der Waals surface area contributed by atoms with Crippen molar-refractivity contribution in [3.63, 3.8) is 0 Å². The molecule has 0 unspecified atom stereocenters. The van der Waals surface area contributed by atoms with Crippen LogP contribution in [0, 0.1) is 0 Å². The van der Waals surface area contributed by atoms with E-state index in [1.807, 2.05) is 35.9 Å². The van der Waals surface area contributed by atoms with E-state index < -0.39 is 0 Å². The van der Waals surface area contributed by atoms with E-state index in [0.717, 1.165) is 10.7 Å². The van der Waals surface area contributed by atoms with E-state index in [0.29, 0.717) is 23.2 Å². The van der Waals surface area contributed by atoms with Gasteiger partial charge >= 0.3 is 0 Å². The van der Waals surface area contributed by atoms with Crippen LogP contribution in [0.1, 0.15) is 5.89 Å². The van der Waals surface area contributed by atoms with Crippen LogP contribution in [0.15, 0.2) is 40.3 Å². The molecule has 0 saturated heterocycles. The highest BCUT2D eigenvalue weighted by Gasteiger charge is 2.13. The van der Waals surface area contributed by atoms with Crippen LogP contribution in [0.3, 0.4) is 0 Å². The quantitative estimate of drug-likeness (QED) is 0.668. The van der Waals surface area contributed by atoms with Crippen molar-refractivity contribution in [3.05, 3.63) is 36.5 Å². The SMILES string of the molecule is COc1ccccc1-c1noc(CSc2nncn2C)n1. The van der Waals surface area contributed by atoms with Gasteiger partial charge in [-0.3, -0.25) is 0 Å². The number of benzene rings is 1. The molecule has 0 atom stereocenters. The molecule has 0 aliphatic rings. The lowest BCUT2D eigenvalue weighted by atomic mass is 10.2. The first-order chi connectivity index (χ1) is 10.3. The third-order valence-corrected chi connectivity index (χ3v) is 3.83. The van der Waals surface area contributed by atoms with Crippen LogP contribution in [0.5, 0.6) is 5.75 Å². The Morgan fingerprint density at radius 1 is 1.33 bits per heavy atom. The molecule has 21 heavy (non-hydrogen) atoms. The smallest absolute Gasteiger partial charge is 0.237 e. The molecule has 0 fully saturated rings. The van der Waals surface area contributed by atoms with Crippen molar-refractivity contribution in [2.45, 2.75) is 10.9 Å². The Hall–Kier alpha value is -2.35. The van der Waals surface area contributed by atoms with Crippen molar-refractivity contribution >= 4 is 11.8 Å². The third kappa shape index (κ3) is 2.89. The molecule has 1 aromatic carbocycles. The minimum Gasteiger partial charge on any atom is -0.496 e. The average molecular weight is 303 g/mol. The van der Waals surface area contributed by atoms with E-state index in [-0.39, 0.29) is 0 Å². The molecule has 7 nitrogen and oxygen atoms in total. The predicted octanol–water partition coefficient (Wildman–Crippen LogP) is 2.17. The van der Waals surface area contributed by atoms with Crippen LogP contribution < -0.4 is 4.74 Å². The van der Waals surface area contributed by atoms with Crippen LogP contribution in [0.4, 0.5) is 0 Å². The number of aromatic nitrogens is 5. The van der Waals surface area contributed by atoms with Crippen LogP contribution >= 0.6 is 11.8 Å². The fourth-order valence-corrected chi connectivity index (χ4v) is 2.51. The highest BCUT2D eigenvalue weighted by molar-refractivity contribution is 7.98. The van der Waals surface area contributed by atoms with Gasteiger partial charge in [-0.25, -0.2) is 0 Å². The second-order valence-electron chi connectivity index (χ2n) is 4.23. The molecule has 0 radical (unpaired) electrons. The zero-order valence-corrected chi connectivity index (χ0v) is 12.4. The second-order valence-corrected chi connectivity index (χ2v) is 5.17. The molecule has 0 amide bonds. The summed E-state index contributed by atoms with van der Waals surface area (Å²) in [5.74, 6) is 2.30. The fraction of sp³-hybridized carbons (Fsp3) is 0.231. The lowest BCUT2D eigenvalue weighted by Crippen LogP contribution is -1.91. The van der Waals surface area contributed by atoms with Gasteiger partial charge in [0.15, 0.2) is 5.16 Å². The summed E-state index contributed by atoms with van der Waals surface area (Å²) in [6.45, 7) is 0. The molecule has 0 N–H and O–H groups in total. The maximum atomic E-state index is 5.30. The number of para-hydroxylation sites is 1. The van der Waals surface area contributed by atoms with Crippen LogP contribution in [-0.4, -0.2) is 32.0 Å².